The zero-order valence-electron chi connectivity index (χ0n) is 18.1. The molecule has 3 aromatic rings. The summed E-state index contributed by atoms with van der Waals surface area (Å²) in [4.78, 5) is 33.0. The number of benzene rings is 1. The van der Waals surface area contributed by atoms with Gasteiger partial charge in [-0.25, -0.2) is 9.78 Å². The Balaban J connectivity index is 1.41. The van der Waals surface area contributed by atoms with Crippen LogP contribution in [0.4, 0.5) is 5.69 Å². The van der Waals surface area contributed by atoms with Crippen LogP contribution in [-0.2, 0) is 22.5 Å². The van der Waals surface area contributed by atoms with E-state index >= 15 is 0 Å². The molecule has 2 aromatic heterocycles. The topological polar surface area (TPSA) is 75.9 Å². The predicted molar refractivity (Wildman–Crippen MR) is 119 cm³/mol. The van der Waals surface area contributed by atoms with Crippen LogP contribution in [0.5, 0.6) is 0 Å². The van der Waals surface area contributed by atoms with Crippen molar-refractivity contribution in [2.45, 2.75) is 26.8 Å². The standard InChI is InChI=1S/C23H25N3O4S/c1-14-19(23(28)29-4)10-18(30-14)11-25(3)12-22(27)26-8-7-17-9-16(5-6-21(17)26)20-13-31-15(2)24-20/h5-6,9-10,13H,7-8,11-12H2,1-4H3. The average Bonchev–Trinajstić information content (AvgIpc) is 3.45. The number of hydrogen-bond acceptors (Lipinski definition) is 7. The highest BCUT2D eigenvalue weighted by molar-refractivity contribution is 7.09. The van der Waals surface area contributed by atoms with Crippen LogP contribution in [-0.4, -0.2) is 49.0 Å². The first kappa shape index (κ1) is 21.3. The second-order valence-electron chi connectivity index (χ2n) is 7.74. The Bertz CT molecular complexity index is 1130. The fraction of sp³-hybridized carbons (Fsp3) is 0.348. The van der Waals surface area contributed by atoms with E-state index in [0.717, 1.165) is 28.4 Å². The summed E-state index contributed by atoms with van der Waals surface area (Å²) in [5, 5.41) is 3.10. The molecule has 1 amide bonds. The molecule has 31 heavy (non-hydrogen) atoms. The lowest BCUT2D eigenvalue weighted by atomic mass is 10.1. The van der Waals surface area contributed by atoms with Crippen molar-refractivity contribution in [3.05, 3.63) is 57.3 Å². The maximum absolute atomic E-state index is 13.0. The smallest absolute Gasteiger partial charge is 0.341 e. The number of furan rings is 1. The monoisotopic (exact) mass is 439 g/mol. The van der Waals surface area contributed by atoms with Crippen molar-refractivity contribution in [1.29, 1.82) is 0 Å². The van der Waals surface area contributed by atoms with Crippen molar-refractivity contribution in [1.82, 2.24) is 9.88 Å². The Hall–Kier alpha value is -2.97. The minimum absolute atomic E-state index is 0.0370. The van der Waals surface area contributed by atoms with E-state index in [9.17, 15) is 9.59 Å². The molecule has 162 valence electrons. The number of anilines is 1. The van der Waals surface area contributed by atoms with Gasteiger partial charge in [-0.3, -0.25) is 9.69 Å². The van der Waals surface area contributed by atoms with Crippen molar-refractivity contribution in [2.75, 3.05) is 32.1 Å². The van der Waals surface area contributed by atoms with Crippen molar-refractivity contribution >= 4 is 28.9 Å². The van der Waals surface area contributed by atoms with Crippen molar-refractivity contribution in [3.63, 3.8) is 0 Å². The minimum Gasteiger partial charge on any atom is -0.465 e. The number of thiazole rings is 1. The molecule has 0 N–H and O–H groups in total. The van der Waals surface area contributed by atoms with Gasteiger partial charge in [0.2, 0.25) is 5.91 Å². The zero-order valence-corrected chi connectivity index (χ0v) is 18.9. The number of aromatic nitrogens is 1. The number of likely N-dealkylation sites (N-methyl/N-ethyl adjacent to an activating group) is 1. The summed E-state index contributed by atoms with van der Waals surface area (Å²) in [6.07, 6.45) is 0.835. The summed E-state index contributed by atoms with van der Waals surface area (Å²) in [6, 6.07) is 7.86. The summed E-state index contributed by atoms with van der Waals surface area (Å²) in [5.41, 5.74) is 4.62. The number of esters is 1. The molecule has 3 heterocycles. The van der Waals surface area contributed by atoms with Crippen LogP contribution >= 0.6 is 11.3 Å². The summed E-state index contributed by atoms with van der Waals surface area (Å²) in [5.74, 6) is 0.751. The van der Waals surface area contributed by atoms with Crippen LogP contribution in [0.15, 0.2) is 34.1 Å². The van der Waals surface area contributed by atoms with Gasteiger partial charge in [0.05, 0.1) is 30.9 Å². The van der Waals surface area contributed by atoms with Crippen LogP contribution in [0.3, 0.4) is 0 Å². The first-order chi connectivity index (χ1) is 14.9. The lowest BCUT2D eigenvalue weighted by Crippen LogP contribution is -2.37. The van der Waals surface area contributed by atoms with Gasteiger partial charge in [-0.15, -0.1) is 11.3 Å². The Labute approximate surface area is 185 Å². The second kappa shape index (κ2) is 8.64. The van der Waals surface area contributed by atoms with Gasteiger partial charge in [-0.2, -0.15) is 0 Å². The molecule has 0 unspecified atom stereocenters. The molecule has 0 fully saturated rings. The van der Waals surface area contributed by atoms with Gasteiger partial charge in [-0.05, 0) is 51.1 Å². The Kier molecular flexibility index (Phi) is 5.93. The molecular weight excluding hydrogens is 414 g/mol. The molecule has 0 spiro atoms. The van der Waals surface area contributed by atoms with E-state index in [0.29, 0.717) is 30.2 Å². The molecule has 1 aliphatic heterocycles. The Morgan fingerprint density at radius 3 is 2.81 bits per heavy atom. The van der Waals surface area contributed by atoms with E-state index in [1.165, 1.54) is 12.7 Å². The summed E-state index contributed by atoms with van der Waals surface area (Å²) in [7, 11) is 3.20. The lowest BCUT2D eigenvalue weighted by molar-refractivity contribution is -0.119. The number of carbonyl (C=O) groups excluding carboxylic acids is 2. The largest absolute Gasteiger partial charge is 0.465 e. The molecule has 0 saturated heterocycles. The number of methoxy groups -OCH3 is 1. The van der Waals surface area contributed by atoms with Crippen LogP contribution in [0.1, 0.15) is 32.4 Å². The molecule has 4 rings (SSSR count). The van der Waals surface area contributed by atoms with E-state index in [-0.39, 0.29) is 12.5 Å². The lowest BCUT2D eigenvalue weighted by Gasteiger charge is -2.21. The highest BCUT2D eigenvalue weighted by Gasteiger charge is 2.26. The van der Waals surface area contributed by atoms with Gasteiger partial charge in [0.1, 0.15) is 17.1 Å². The van der Waals surface area contributed by atoms with Crippen LogP contribution in [0.2, 0.25) is 0 Å². The summed E-state index contributed by atoms with van der Waals surface area (Å²) < 4.78 is 10.4. The number of amides is 1. The average molecular weight is 440 g/mol. The third-order valence-electron chi connectivity index (χ3n) is 5.40. The number of nitrogens with zero attached hydrogens (tertiary/aromatic N) is 3. The van der Waals surface area contributed by atoms with Crippen molar-refractivity contribution < 1.29 is 18.7 Å². The molecule has 0 saturated carbocycles. The molecular formula is C23H25N3O4S. The second-order valence-corrected chi connectivity index (χ2v) is 8.80. The van der Waals surface area contributed by atoms with E-state index in [1.54, 1.807) is 24.3 Å². The van der Waals surface area contributed by atoms with Gasteiger partial charge in [0, 0.05) is 23.2 Å². The SMILES string of the molecule is COC(=O)c1cc(CN(C)CC(=O)N2CCc3cc(-c4csc(C)n4)ccc32)oc1C. The van der Waals surface area contributed by atoms with Gasteiger partial charge < -0.3 is 14.1 Å². The quantitative estimate of drug-likeness (QED) is 0.544. The molecule has 1 aromatic carbocycles. The van der Waals surface area contributed by atoms with Gasteiger partial charge in [0.15, 0.2) is 0 Å². The molecule has 8 heteroatoms. The van der Waals surface area contributed by atoms with E-state index in [4.69, 9.17) is 9.15 Å². The van der Waals surface area contributed by atoms with E-state index in [2.05, 4.69) is 16.4 Å². The third-order valence-corrected chi connectivity index (χ3v) is 6.17. The predicted octanol–water partition coefficient (Wildman–Crippen LogP) is 3.83. The number of carbonyl (C=O) groups is 2. The van der Waals surface area contributed by atoms with Crippen LogP contribution in [0, 0.1) is 13.8 Å². The first-order valence-corrected chi connectivity index (χ1v) is 11.0. The fourth-order valence-corrected chi connectivity index (χ4v) is 4.51. The van der Waals surface area contributed by atoms with Crippen molar-refractivity contribution in [2.24, 2.45) is 0 Å². The maximum Gasteiger partial charge on any atom is 0.341 e. The Morgan fingerprint density at radius 2 is 2.10 bits per heavy atom. The maximum atomic E-state index is 13.0. The highest BCUT2D eigenvalue weighted by atomic mass is 32.1. The van der Waals surface area contributed by atoms with Gasteiger partial charge >= 0.3 is 5.97 Å². The third kappa shape index (κ3) is 4.40. The number of ether oxygens (including phenoxy) is 1. The zero-order chi connectivity index (χ0) is 22.1. The van der Waals surface area contributed by atoms with Gasteiger partial charge in [-0.1, -0.05) is 6.07 Å². The molecule has 7 nitrogen and oxygen atoms in total. The molecule has 0 aliphatic carbocycles. The minimum atomic E-state index is -0.424. The fourth-order valence-electron chi connectivity index (χ4n) is 3.89. The first-order valence-electron chi connectivity index (χ1n) is 10.1. The molecule has 1 aliphatic rings. The summed E-state index contributed by atoms with van der Waals surface area (Å²) in [6.45, 7) is 5.07. The molecule has 0 atom stereocenters. The normalized spacial score (nSPS) is 13.0. The molecule has 0 bridgehead atoms. The number of fused-ring (bicyclic) bond motifs is 1. The number of hydrogen-bond donors (Lipinski definition) is 0. The Morgan fingerprint density at radius 1 is 1.29 bits per heavy atom. The van der Waals surface area contributed by atoms with E-state index in [1.807, 2.05) is 35.9 Å². The number of rotatable bonds is 6. The van der Waals surface area contributed by atoms with E-state index < -0.39 is 5.97 Å². The van der Waals surface area contributed by atoms with Crippen LogP contribution in [0.25, 0.3) is 11.3 Å². The summed E-state index contributed by atoms with van der Waals surface area (Å²) >= 11 is 1.64. The number of aryl methyl sites for hydroxylation is 2. The van der Waals surface area contributed by atoms with Crippen molar-refractivity contribution in [3.8, 4) is 11.3 Å². The van der Waals surface area contributed by atoms with Crippen LogP contribution < -0.4 is 4.90 Å². The van der Waals surface area contributed by atoms with Gasteiger partial charge in [0.25, 0.3) is 0 Å². The molecule has 0 radical (unpaired) electrons. The highest BCUT2D eigenvalue weighted by Crippen LogP contribution is 2.33.